The molecule has 7 heteroatoms. The van der Waals surface area contributed by atoms with Crippen molar-refractivity contribution in [2.24, 2.45) is 0 Å². The maximum absolute atomic E-state index is 6.33. The molecule has 5 nitrogen and oxygen atoms in total. The summed E-state index contributed by atoms with van der Waals surface area (Å²) in [6.07, 6.45) is 0. The van der Waals surface area contributed by atoms with E-state index in [1.54, 1.807) is 18.4 Å². The van der Waals surface area contributed by atoms with Crippen LogP contribution in [0.1, 0.15) is 0 Å². The lowest BCUT2D eigenvalue weighted by Crippen LogP contribution is -2.11. The molecule has 4 aromatic rings. The van der Waals surface area contributed by atoms with Gasteiger partial charge in [-0.3, -0.25) is 0 Å². The molecule has 0 spiro atoms. The summed E-state index contributed by atoms with van der Waals surface area (Å²) in [6.45, 7) is 1.21. The lowest BCUT2D eigenvalue weighted by molar-refractivity contribution is 0.210. The fraction of sp³-hybridized carbons (Fsp3) is 0.143. The van der Waals surface area contributed by atoms with E-state index in [9.17, 15) is 0 Å². The topological polar surface area (TPSA) is 59.1 Å². The van der Waals surface area contributed by atoms with Gasteiger partial charge in [0, 0.05) is 18.5 Å². The summed E-state index contributed by atoms with van der Waals surface area (Å²) in [6, 6.07) is 20.0. The molecule has 0 fully saturated rings. The van der Waals surface area contributed by atoms with E-state index in [2.05, 4.69) is 38.8 Å². The zero-order valence-corrected chi connectivity index (χ0v) is 16.8. The number of benzene rings is 2. The molecule has 2 heterocycles. The standard InChI is InChI=1S/C21H19ClN4OS/c1-27-12-11-23-21-25-17-13-18(14-7-3-2-4-8-14)28-19(17)20(26-21)24-16-10-6-5-9-15(16)22/h2-10,13H,11-12H2,1H3,(H2,23,24,25,26). The number of fused-ring (bicyclic) bond motifs is 1. The average Bonchev–Trinajstić information content (AvgIpc) is 3.15. The van der Waals surface area contributed by atoms with Crippen LogP contribution in [0.4, 0.5) is 17.5 Å². The first-order chi connectivity index (χ1) is 13.7. The highest BCUT2D eigenvalue weighted by molar-refractivity contribution is 7.22. The number of hydrogen-bond donors (Lipinski definition) is 2. The first-order valence-electron chi connectivity index (χ1n) is 8.86. The van der Waals surface area contributed by atoms with Gasteiger partial charge in [-0.2, -0.15) is 4.98 Å². The fourth-order valence-electron chi connectivity index (χ4n) is 2.79. The number of para-hydroxylation sites is 1. The third-order valence-corrected chi connectivity index (χ3v) is 5.66. The number of thiophene rings is 1. The largest absolute Gasteiger partial charge is 0.383 e. The quantitative estimate of drug-likeness (QED) is 0.376. The van der Waals surface area contributed by atoms with Gasteiger partial charge in [0.25, 0.3) is 0 Å². The zero-order valence-electron chi connectivity index (χ0n) is 15.3. The molecule has 0 aliphatic rings. The van der Waals surface area contributed by atoms with Crippen molar-refractivity contribution in [1.29, 1.82) is 0 Å². The third-order valence-electron chi connectivity index (χ3n) is 4.15. The maximum atomic E-state index is 6.33. The predicted octanol–water partition coefficient (Wildman–Crippen LogP) is 5.81. The highest BCUT2D eigenvalue weighted by atomic mass is 35.5. The first kappa shape index (κ1) is 18.7. The SMILES string of the molecule is COCCNc1nc(Nc2ccccc2Cl)c2sc(-c3ccccc3)cc2n1. The van der Waals surface area contributed by atoms with E-state index in [0.29, 0.717) is 24.1 Å². The van der Waals surface area contributed by atoms with Gasteiger partial charge >= 0.3 is 0 Å². The van der Waals surface area contributed by atoms with Crippen LogP contribution in [-0.4, -0.2) is 30.2 Å². The molecule has 0 aliphatic heterocycles. The molecule has 0 radical (unpaired) electrons. The molecule has 28 heavy (non-hydrogen) atoms. The van der Waals surface area contributed by atoms with E-state index in [-0.39, 0.29) is 0 Å². The van der Waals surface area contributed by atoms with Crippen LogP contribution in [0, 0.1) is 0 Å². The molecule has 0 unspecified atom stereocenters. The van der Waals surface area contributed by atoms with E-state index in [1.807, 2.05) is 42.5 Å². The lowest BCUT2D eigenvalue weighted by Gasteiger charge is -2.10. The Morgan fingerprint density at radius 3 is 2.61 bits per heavy atom. The Hall–Kier alpha value is -2.67. The molecule has 0 amide bonds. The number of nitrogens with one attached hydrogen (secondary N) is 2. The second-order valence-corrected chi connectivity index (χ2v) is 7.57. The van der Waals surface area contributed by atoms with Gasteiger partial charge in [-0.25, -0.2) is 4.98 Å². The van der Waals surface area contributed by atoms with Crippen LogP contribution in [-0.2, 0) is 4.74 Å². The van der Waals surface area contributed by atoms with Gasteiger partial charge in [0.2, 0.25) is 5.95 Å². The summed E-state index contributed by atoms with van der Waals surface area (Å²) in [5.41, 5.74) is 2.85. The number of ether oxygens (including phenoxy) is 1. The van der Waals surface area contributed by atoms with Crippen molar-refractivity contribution in [3.63, 3.8) is 0 Å². The number of rotatable bonds is 7. The Morgan fingerprint density at radius 1 is 1.04 bits per heavy atom. The van der Waals surface area contributed by atoms with Crippen LogP contribution < -0.4 is 10.6 Å². The van der Waals surface area contributed by atoms with Crippen LogP contribution in [0.2, 0.25) is 5.02 Å². The first-order valence-corrected chi connectivity index (χ1v) is 10.1. The molecule has 0 saturated carbocycles. The highest BCUT2D eigenvalue weighted by Crippen LogP contribution is 2.38. The van der Waals surface area contributed by atoms with E-state index < -0.39 is 0 Å². The Kier molecular flexibility index (Phi) is 5.71. The normalized spacial score (nSPS) is 10.9. The molecular formula is C21H19ClN4OS. The summed E-state index contributed by atoms with van der Waals surface area (Å²) in [5.74, 6) is 1.28. The Balaban J connectivity index is 1.77. The van der Waals surface area contributed by atoms with Gasteiger partial charge in [-0.05, 0) is 23.8 Å². The zero-order chi connectivity index (χ0) is 19.3. The molecule has 0 atom stereocenters. The molecule has 0 aliphatic carbocycles. The summed E-state index contributed by atoms with van der Waals surface area (Å²) >= 11 is 7.99. The van der Waals surface area contributed by atoms with Crippen molar-refractivity contribution in [2.75, 3.05) is 30.9 Å². The van der Waals surface area contributed by atoms with Crippen LogP contribution in [0.15, 0.2) is 60.7 Å². The van der Waals surface area contributed by atoms with Crippen LogP contribution in [0.25, 0.3) is 20.7 Å². The van der Waals surface area contributed by atoms with E-state index in [0.717, 1.165) is 32.2 Å². The average molecular weight is 411 g/mol. The summed E-state index contributed by atoms with van der Waals surface area (Å²) in [7, 11) is 1.67. The monoisotopic (exact) mass is 410 g/mol. The van der Waals surface area contributed by atoms with Gasteiger partial charge in [0.05, 0.1) is 27.5 Å². The molecule has 142 valence electrons. The number of methoxy groups -OCH3 is 1. The van der Waals surface area contributed by atoms with Gasteiger partial charge in [0.1, 0.15) is 0 Å². The number of halogens is 1. The number of aromatic nitrogens is 2. The molecule has 0 saturated heterocycles. The van der Waals surface area contributed by atoms with Gasteiger partial charge in [-0.1, -0.05) is 54.1 Å². The minimum atomic E-state index is 0.552. The fourth-order valence-corrected chi connectivity index (χ4v) is 4.02. The summed E-state index contributed by atoms with van der Waals surface area (Å²) in [5, 5.41) is 7.22. The Bertz CT molecular complexity index is 1080. The van der Waals surface area contributed by atoms with Gasteiger partial charge in [0.15, 0.2) is 5.82 Å². The number of anilines is 3. The molecular weight excluding hydrogens is 392 g/mol. The van der Waals surface area contributed by atoms with E-state index in [4.69, 9.17) is 16.3 Å². The maximum Gasteiger partial charge on any atom is 0.225 e. The Labute approximate surface area is 172 Å². The highest BCUT2D eigenvalue weighted by Gasteiger charge is 2.14. The second-order valence-electron chi connectivity index (χ2n) is 6.11. The number of nitrogens with zero attached hydrogens (tertiary/aromatic N) is 2. The van der Waals surface area contributed by atoms with E-state index >= 15 is 0 Å². The van der Waals surface area contributed by atoms with Crippen molar-refractivity contribution in [3.8, 4) is 10.4 Å². The molecule has 2 N–H and O–H groups in total. The Morgan fingerprint density at radius 2 is 1.82 bits per heavy atom. The molecule has 2 aromatic carbocycles. The van der Waals surface area contributed by atoms with Gasteiger partial charge in [-0.15, -0.1) is 11.3 Å². The van der Waals surface area contributed by atoms with Crippen molar-refractivity contribution >= 4 is 50.6 Å². The molecule has 0 bridgehead atoms. The van der Waals surface area contributed by atoms with Crippen LogP contribution in [0.5, 0.6) is 0 Å². The predicted molar refractivity (Wildman–Crippen MR) is 118 cm³/mol. The van der Waals surface area contributed by atoms with E-state index in [1.165, 1.54) is 0 Å². The number of hydrogen-bond acceptors (Lipinski definition) is 6. The van der Waals surface area contributed by atoms with Crippen molar-refractivity contribution < 1.29 is 4.74 Å². The minimum absolute atomic E-state index is 0.552. The minimum Gasteiger partial charge on any atom is -0.383 e. The third kappa shape index (κ3) is 4.09. The summed E-state index contributed by atoms with van der Waals surface area (Å²) < 4.78 is 6.09. The van der Waals surface area contributed by atoms with Crippen molar-refractivity contribution in [3.05, 3.63) is 65.7 Å². The van der Waals surface area contributed by atoms with Crippen molar-refractivity contribution in [2.45, 2.75) is 0 Å². The summed E-state index contributed by atoms with van der Waals surface area (Å²) in [4.78, 5) is 10.5. The molecule has 4 rings (SSSR count). The van der Waals surface area contributed by atoms with Crippen molar-refractivity contribution in [1.82, 2.24) is 9.97 Å². The lowest BCUT2D eigenvalue weighted by atomic mass is 10.2. The second kappa shape index (κ2) is 8.56. The van der Waals surface area contributed by atoms with Crippen LogP contribution in [0.3, 0.4) is 0 Å². The van der Waals surface area contributed by atoms with Gasteiger partial charge < -0.3 is 15.4 Å². The molecule has 2 aromatic heterocycles. The van der Waals surface area contributed by atoms with Crippen LogP contribution >= 0.6 is 22.9 Å². The smallest absolute Gasteiger partial charge is 0.225 e.